The van der Waals surface area contributed by atoms with E-state index in [1.165, 1.54) is 0 Å². The minimum Gasteiger partial charge on any atom is -0.461 e. The number of ether oxygens (including phenoxy) is 2. The maximum atomic E-state index is 12.7. The van der Waals surface area contributed by atoms with Gasteiger partial charge < -0.3 is 14.4 Å². The van der Waals surface area contributed by atoms with Gasteiger partial charge in [0.25, 0.3) is 0 Å². The molecule has 0 bridgehead atoms. The van der Waals surface area contributed by atoms with E-state index < -0.39 is 21.7 Å². The molecular formula is C21H31BrN4O4S. The van der Waals surface area contributed by atoms with Crippen LogP contribution >= 0.6 is 15.9 Å². The highest BCUT2D eigenvalue weighted by atomic mass is 79.9. The fourth-order valence-electron chi connectivity index (χ4n) is 3.86. The van der Waals surface area contributed by atoms with Crippen molar-refractivity contribution in [3.05, 3.63) is 16.0 Å². The molecular weight excluding hydrogens is 484 g/mol. The van der Waals surface area contributed by atoms with E-state index in [-0.39, 0.29) is 23.8 Å². The van der Waals surface area contributed by atoms with Gasteiger partial charge in [-0.2, -0.15) is 4.40 Å². The van der Waals surface area contributed by atoms with Crippen LogP contribution in [-0.4, -0.2) is 63.0 Å². The Labute approximate surface area is 194 Å². The summed E-state index contributed by atoms with van der Waals surface area (Å²) in [7, 11) is -1.33. The topological polar surface area (TPSA) is 94.0 Å². The molecule has 1 spiro atoms. The first-order chi connectivity index (χ1) is 14.5. The zero-order valence-corrected chi connectivity index (χ0v) is 21.4. The van der Waals surface area contributed by atoms with Gasteiger partial charge in [-0.15, -0.1) is 0 Å². The van der Waals surface area contributed by atoms with E-state index in [2.05, 4.69) is 35.2 Å². The van der Waals surface area contributed by atoms with Gasteiger partial charge in [0.1, 0.15) is 15.6 Å². The van der Waals surface area contributed by atoms with Crippen LogP contribution in [0.2, 0.25) is 0 Å². The van der Waals surface area contributed by atoms with Gasteiger partial charge in [0.05, 0.1) is 35.5 Å². The Bertz CT molecular complexity index is 907. The molecule has 0 aliphatic carbocycles. The highest BCUT2D eigenvalue weighted by molar-refractivity contribution is 9.10. The average molecular weight is 515 g/mol. The molecule has 2 saturated heterocycles. The van der Waals surface area contributed by atoms with Crippen LogP contribution in [0.5, 0.6) is 0 Å². The molecule has 2 atom stereocenters. The summed E-state index contributed by atoms with van der Waals surface area (Å²) >= 11 is 3.36. The lowest BCUT2D eigenvalue weighted by Crippen LogP contribution is -2.46. The maximum Gasteiger partial charge on any atom is 0.360 e. The van der Waals surface area contributed by atoms with Crippen molar-refractivity contribution in [2.45, 2.75) is 65.2 Å². The highest BCUT2D eigenvalue weighted by Crippen LogP contribution is 2.42. The van der Waals surface area contributed by atoms with Crippen molar-refractivity contribution in [1.82, 2.24) is 9.97 Å². The van der Waals surface area contributed by atoms with Gasteiger partial charge in [-0.05, 0) is 70.3 Å². The van der Waals surface area contributed by atoms with Crippen molar-refractivity contribution in [1.29, 1.82) is 0 Å². The van der Waals surface area contributed by atoms with E-state index >= 15 is 0 Å². The predicted octanol–water partition coefficient (Wildman–Crippen LogP) is 3.63. The monoisotopic (exact) mass is 514 g/mol. The second-order valence-corrected chi connectivity index (χ2v) is 11.7. The fraction of sp³-hybridized carbons (Fsp3) is 0.714. The summed E-state index contributed by atoms with van der Waals surface area (Å²) in [5.41, 5.74) is 1.58. The predicted molar refractivity (Wildman–Crippen MR) is 125 cm³/mol. The first-order valence-corrected chi connectivity index (χ1v) is 12.5. The van der Waals surface area contributed by atoms with Crippen LogP contribution < -0.4 is 4.90 Å². The zero-order valence-electron chi connectivity index (χ0n) is 19.0. The third-order valence-corrected chi connectivity index (χ3v) is 7.89. The minimum atomic E-state index is -1.33. The van der Waals surface area contributed by atoms with Gasteiger partial charge >= 0.3 is 5.97 Å². The second-order valence-electron chi connectivity index (χ2n) is 9.05. The van der Waals surface area contributed by atoms with Crippen molar-refractivity contribution in [3.8, 4) is 0 Å². The number of aryl methyl sites for hydroxylation is 1. The SMILES string of the molecule is CCOC(=O)c1nc(Br)c(C)nc1N1CCC2(CC1)CO[C@@H](C)C2=NS(=O)C(C)(C)C. The number of halogens is 1. The Morgan fingerprint density at radius 1 is 1.35 bits per heavy atom. The first-order valence-electron chi connectivity index (χ1n) is 10.6. The lowest BCUT2D eigenvalue weighted by atomic mass is 9.75. The average Bonchev–Trinajstić information content (AvgIpc) is 2.99. The Balaban J connectivity index is 1.87. The first kappa shape index (κ1) is 24.3. The standard InChI is InChI=1S/C21H31BrN4O4S/c1-7-29-19(27)15-18(23-13(2)17(22)24-15)26-10-8-21(9-11-26)12-30-14(3)16(21)25-31(28)20(4,5)6/h14H,7-12H2,1-6H3/t14-,31?/m0/s1. The minimum absolute atomic E-state index is 0.150. The third-order valence-electron chi connectivity index (χ3n) is 5.73. The molecule has 0 radical (unpaired) electrons. The lowest BCUT2D eigenvalue weighted by Gasteiger charge is -2.39. The van der Waals surface area contributed by atoms with Gasteiger partial charge in [0.15, 0.2) is 11.5 Å². The number of rotatable bonds is 4. The van der Waals surface area contributed by atoms with Crippen LogP contribution in [-0.2, 0) is 20.5 Å². The molecule has 2 fully saturated rings. The normalized spacial score (nSPS) is 23.4. The van der Waals surface area contributed by atoms with E-state index in [9.17, 15) is 9.00 Å². The molecule has 0 saturated carbocycles. The van der Waals surface area contributed by atoms with E-state index in [4.69, 9.17) is 9.47 Å². The molecule has 1 unspecified atom stereocenters. The van der Waals surface area contributed by atoms with Gasteiger partial charge in [0.2, 0.25) is 0 Å². The van der Waals surface area contributed by atoms with Crippen LogP contribution in [0.15, 0.2) is 9.00 Å². The Morgan fingerprint density at radius 3 is 2.58 bits per heavy atom. The fourth-order valence-corrected chi connectivity index (χ4v) is 4.92. The number of aromatic nitrogens is 2. The molecule has 1 aromatic heterocycles. The summed E-state index contributed by atoms with van der Waals surface area (Å²) < 4.78 is 28.6. The van der Waals surface area contributed by atoms with Crippen molar-refractivity contribution in [3.63, 3.8) is 0 Å². The Hall–Kier alpha value is -1.39. The van der Waals surface area contributed by atoms with Crippen LogP contribution in [0, 0.1) is 12.3 Å². The largest absolute Gasteiger partial charge is 0.461 e. The van der Waals surface area contributed by atoms with Crippen molar-refractivity contribution < 1.29 is 18.5 Å². The van der Waals surface area contributed by atoms with Gasteiger partial charge in [-0.3, -0.25) is 0 Å². The summed E-state index contributed by atoms with van der Waals surface area (Å²) in [4.78, 5) is 23.6. The quantitative estimate of drug-likeness (QED) is 0.566. The van der Waals surface area contributed by atoms with E-state index in [0.717, 1.165) is 18.6 Å². The Kier molecular flexibility index (Phi) is 7.22. The van der Waals surface area contributed by atoms with Crippen molar-refractivity contribution >= 4 is 44.4 Å². The third kappa shape index (κ3) is 5.01. The van der Waals surface area contributed by atoms with Gasteiger partial charge in [-0.1, -0.05) is 0 Å². The summed E-state index contributed by atoms with van der Waals surface area (Å²) in [6.45, 7) is 13.5. The number of nitrogens with zero attached hydrogens (tertiary/aromatic N) is 4. The maximum absolute atomic E-state index is 12.7. The smallest absolute Gasteiger partial charge is 0.360 e. The molecule has 3 heterocycles. The molecule has 10 heteroatoms. The summed E-state index contributed by atoms with van der Waals surface area (Å²) in [6, 6.07) is 0. The van der Waals surface area contributed by atoms with E-state index in [1.54, 1.807) is 6.92 Å². The van der Waals surface area contributed by atoms with Crippen LogP contribution in [0.4, 0.5) is 5.82 Å². The lowest BCUT2D eigenvalue weighted by molar-refractivity contribution is 0.0519. The number of piperidine rings is 1. The Morgan fingerprint density at radius 2 is 2.00 bits per heavy atom. The van der Waals surface area contributed by atoms with Crippen molar-refractivity contribution in [2.75, 3.05) is 31.2 Å². The van der Waals surface area contributed by atoms with Crippen LogP contribution in [0.25, 0.3) is 0 Å². The van der Waals surface area contributed by atoms with Crippen LogP contribution in [0.3, 0.4) is 0 Å². The molecule has 1 aromatic rings. The van der Waals surface area contributed by atoms with Crippen molar-refractivity contribution in [2.24, 2.45) is 9.81 Å². The zero-order chi connectivity index (χ0) is 23.0. The summed E-state index contributed by atoms with van der Waals surface area (Å²) in [5.74, 6) is 0.0596. The molecule has 0 amide bonds. The highest BCUT2D eigenvalue weighted by Gasteiger charge is 2.48. The molecule has 31 heavy (non-hydrogen) atoms. The number of anilines is 1. The van der Waals surface area contributed by atoms with E-state index in [0.29, 0.717) is 35.8 Å². The molecule has 2 aliphatic heterocycles. The number of carbonyl (C=O) groups excluding carboxylic acids is 1. The van der Waals surface area contributed by atoms with Gasteiger partial charge in [0, 0.05) is 18.5 Å². The molecule has 172 valence electrons. The van der Waals surface area contributed by atoms with Crippen LogP contribution in [0.1, 0.15) is 63.6 Å². The summed E-state index contributed by atoms with van der Waals surface area (Å²) in [6.07, 6.45) is 1.40. The van der Waals surface area contributed by atoms with E-state index in [1.807, 2.05) is 34.6 Å². The molecule has 8 nitrogen and oxygen atoms in total. The summed E-state index contributed by atoms with van der Waals surface area (Å²) in [5, 5.41) is 0. The second kappa shape index (κ2) is 9.23. The molecule has 3 rings (SSSR count). The number of carbonyl (C=O) groups is 1. The molecule has 0 N–H and O–H groups in total. The molecule has 0 aromatic carbocycles. The number of hydrogen-bond acceptors (Lipinski definition) is 7. The molecule has 2 aliphatic rings. The van der Waals surface area contributed by atoms with Gasteiger partial charge in [-0.25, -0.2) is 19.0 Å². The number of hydrogen-bond donors (Lipinski definition) is 0. The number of esters is 1.